The molecule has 1 aliphatic heterocycles. The number of aromatic nitrogens is 2. The smallest absolute Gasteiger partial charge is 0.115 e. The number of piperidine rings is 1. The largest absolute Gasteiger partial charge is 0.303 e. The van der Waals surface area contributed by atoms with Crippen LogP contribution in [0.2, 0.25) is 0 Å². The quantitative estimate of drug-likeness (QED) is 0.808. The lowest BCUT2D eigenvalue weighted by atomic mass is 10.00. The Morgan fingerprint density at radius 2 is 2.22 bits per heavy atom. The van der Waals surface area contributed by atoms with Crippen molar-refractivity contribution >= 4 is 5.52 Å². The normalized spacial score (nSPS) is 21.6. The van der Waals surface area contributed by atoms with E-state index in [0.717, 1.165) is 6.42 Å². The summed E-state index contributed by atoms with van der Waals surface area (Å²) in [5.41, 5.74) is 2.49. The zero-order valence-corrected chi connectivity index (χ0v) is 11.3. The van der Waals surface area contributed by atoms with Crippen molar-refractivity contribution < 1.29 is 0 Å². The molecule has 2 aromatic heterocycles. The number of likely N-dealkylation sites (tertiary alicyclic amines) is 1. The minimum Gasteiger partial charge on any atom is -0.303 e. The van der Waals surface area contributed by atoms with Crippen LogP contribution in [0.5, 0.6) is 0 Å². The summed E-state index contributed by atoms with van der Waals surface area (Å²) >= 11 is 0. The van der Waals surface area contributed by atoms with Crippen molar-refractivity contribution in [2.24, 2.45) is 0 Å². The number of hydrogen-bond acceptors (Lipinski definition) is 2. The van der Waals surface area contributed by atoms with Crippen LogP contribution in [0.4, 0.5) is 0 Å². The maximum atomic E-state index is 4.62. The molecule has 18 heavy (non-hydrogen) atoms. The Balaban J connectivity index is 1.90. The number of aryl methyl sites for hydroxylation is 1. The molecule has 1 fully saturated rings. The van der Waals surface area contributed by atoms with E-state index < -0.39 is 0 Å². The van der Waals surface area contributed by atoms with Crippen LogP contribution in [0.1, 0.15) is 30.8 Å². The fourth-order valence-electron chi connectivity index (χ4n) is 3.05. The van der Waals surface area contributed by atoms with Crippen LogP contribution in [0.25, 0.3) is 5.52 Å². The Hall–Kier alpha value is -1.35. The number of hydrogen-bond donors (Lipinski definition) is 0. The number of rotatable bonds is 2. The van der Waals surface area contributed by atoms with E-state index in [0.29, 0.717) is 6.04 Å². The lowest BCUT2D eigenvalue weighted by Crippen LogP contribution is -2.38. The molecule has 0 aliphatic carbocycles. The third kappa shape index (κ3) is 2.03. The molecule has 1 saturated heterocycles. The van der Waals surface area contributed by atoms with Crippen molar-refractivity contribution in [3.8, 4) is 0 Å². The molecule has 3 rings (SSSR count). The minimum absolute atomic E-state index is 0.656. The summed E-state index contributed by atoms with van der Waals surface area (Å²) in [6, 6.07) is 7.05. The van der Waals surface area contributed by atoms with Crippen LogP contribution >= 0.6 is 0 Å². The minimum atomic E-state index is 0.656. The lowest BCUT2D eigenvalue weighted by molar-refractivity contribution is 0.182. The molecule has 3 heteroatoms. The van der Waals surface area contributed by atoms with Gasteiger partial charge in [-0.05, 0) is 45.5 Å². The molecular formula is C15H21N3. The van der Waals surface area contributed by atoms with E-state index in [9.17, 15) is 0 Å². The van der Waals surface area contributed by atoms with E-state index in [-0.39, 0.29) is 0 Å². The van der Waals surface area contributed by atoms with Gasteiger partial charge in [-0.15, -0.1) is 0 Å². The molecule has 3 heterocycles. The van der Waals surface area contributed by atoms with Gasteiger partial charge < -0.3 is 9.30 Å². The van der Waals surface area contributed by atoms with Gasteiger partial charge in [0.05, 0.1) is 11.7 Å². The Morgan fingerprint density at radius 1 is 1.33 bits per heavy atom. The molecule has 0 spiro atoms. The van der Waals surface area contributed by atoms with Crippen molar-refractivity contribution in [2.75, 3.05) is 13.6 Å². The third-order valence-electron chi connectivity index (χ3n) is 4.16. The molecule has 1 atom stereocenters. The number of likely N-dealkylation sites (N-methyl/N-ethyl adjacent to an activating group) is 1. The third-order valence-corrected chi connectivity index (χ3v) is 4.16. The van der Waals surface area contributed by atoms with E-state index in [1.165, 1.54) is 42.8 Å². The molecule has 1 aliphatic rings. The molecule has 1 unspecified atom stereocenters. The predicted octanol–water partition coefficient (Wildman–Crippen LogP) is 2.67. The van der Waals surface area contributed by atoms with Gasteiger partial charge in [-0.25, -0.2) is 4.98 Å². The highest BCUT2D eigenvalue weighted by Gasteiger charge is 2.21. The van der Waals surface area contributed by atoms with Gasteiger partial charge in [-0.2, -0.15) is 0 Å². The van der Waals surface area contributed by atoms with E-state index in [1.54, 1.807) is 0 Å². The van der Waals surface area contributed by atoms with Crippen molar-refractivity contribution in [1.29, 1.82) is 0 Å². The fraction of sp³-hybridized carbons (Fsp3) is 0.533. The summed E-state index contributed by atoms with van der Waals surface area (Å²) in [6.07, 6.45) is 7.06. The second-order valence-electron chi connectivity index (χ2n) is 5.44. The zero-order valence-electron chi connectivity index (χ0n) is 11.3. The van der Waals surface area contributed by atoms with Crippen LogP contribution in [0, 0.1) is 6.92 Å². The van der Waals surface area contributed by atoms with Gasteiger partial charge in [0.2, 0.25) is 0 Å². The van der Waals surface area contributed by atoms with Crippen LogP contribution in [0.15, 0.2) is 24.4 Å². The average molecular weight is 243 g/mol. The monoisotopic (exact) mass is 243 g/mol. The van der Waals surface area contributed by atoms with Crippen LogP contribution in [-0.4, -0.2) is 33.9 Å². The molecule has 3 nitrogen and oxygen atoms in total. The van der Waals surface area contributed by atoms with Crippen LogP contribution < -0.4 is 0 Å². The lowest BCUT2D eigenvalue weighted by Gasteiger charge is -2.32. The molecule has 0 radical (unpaired) electrons. The standard InChI is InChI=1S/C15H21N3/c1-12-6-5-8-14-11-16-15(18(12)14)10-13-7-3-4-9-17(13)2/h5-6,8,11,13H,3-4,7,9-10H2,1-2H3. The van der Waals surface area contributed by atoms with E-state index in [4.69, 9.17) is 0 Å². The first-order chi connectivity index (χ1) is 8.75. The Morgan fingerprint density at radius 3 is 3.06 bits per heavy atom. The van der Waals surface area contributed by atoms with Gasteiger partial charge in [-0.1, -0.05) is 12.5 Å². The van der Waals surface area contributed by atoms with Crippen LogP contribution in [0.3, 0.4) is 0 Å². The number of fused-ring (bicyclic) bond motifs is 1. The highest BCUT2D eigenvalue weighted by Crippen LogP contribution is 2.20. The first-order valence-electron chi connectivity index (χ1n) is 6.88. The van der Waals surface area contributed by atoms with Crippen molar-refractivity contribution in [2.45, 2.75) is 38.6 Å². The van der Waals surface area contributed by atoms with E-state index in [1.807, 2.05) is 6.20 Å². The molecule has 0 aromatic carbocycles. The molecule has 0 N–H and O–H groups in total. The van der Waals surface area contributed by atoms with Gasteiger partial charge in [0, 0.05) is 18.2 Å². The summed E-state index contributed by atoms with van der Waals surface area (Å²) in [6.45, 7) is 3.38. The first kappa shape index (κ1) is 11.7. The Labute approximate surface area is 108 Å². The summed E-state index contributed by atoms with van der Waals surface area (Å²) in [7, 11) is 2.24. The van der Waals surface area contributed by atoms with Gasteiger partial charge in [0.15, 0.2) is 0 Å². The van der Waals surface area contributed by atoms with Gasteiger partial charge in [-0.3, -0.25) is 0 Å². The Kier molecular flexibility index (Phi) is 3.08. The molecule has 0 amide bonds. The maximum Gasteiger partial charge on any atom is 0.115 e. The Bertz CT molecular complexity index is 544. The summed E-state index contributed by atoms with van der Waals surface area (Å²) in [4.78, 5) is 7.11. The van der Waals surface area contributed by atoms with E-state index >= 15 is 0 Å². The highest BCUT2D eigenvalue weighted by molar-refractivity contribution is 5.47. The highest BCUT2D eigenvalue weighted by atomic mass is 15.1. The molecule has 2 aromatic rings. The topological polar surface area (TPSA) is 20.5 Å². The maximum absolute atomic E-state index is 4.62. The molecule has 0 bridgehead atoms. The van der Waals surface area contributed by atoms with Crippen LogP contribution in [-0.2, 0) is 6.42 Å². The van der Waals surface area contributed by atoms with Gasteiger partial charge >= 0.3 is 0 Å². The predicted molar refractivity (Wildman–Crippen MR) is 73.9 cm³/mol. The summed E-state index contributed by atoms with van der Waals surface area (Å²) in [5.74, 6) is 1.21. The first-order valence-corrected chi connectivity index (χ1v) is 6.88. The summed E-state index contributed by atoms with van der Waals surface area (Å²) < 4.78 is 2.29. The van der Waals surface area contributed by atoms with Gasteiger partial charge in [0.1, 0.15) is 5.82 Å². The molecular weight excluding hydrogens is 222 g/mol. The number of nitrogens with zero attached hydrogens (tertiary/aromatic N) is 3. The second-order valence-corrected chi connectivity index (χ2v) is 5.44. The van der Waals surface area contributed by atoms with E-state index in [2.05, 4.69) is 46.5 Å². The summed E-state index contributed by atoms with van der Waals surface area (Å²) in [5, 5.41) is 0. The zero-order chi connectivity index (χ0) is 12.5. The van der Waals surface area contributed by atoms with Crippen molar-refractivity contribution in [1.82, 2.24) is 14.3 Å². The average Bonchev–Trinajstić information content (AvgIpc) is 2.77. The van der Waals surface area contributed by atoms with Crippen molar-refractivity contribution in [3.05, 3.63) is 35.9 Å². The van der Waals surface area contributed by atoms with Crippen molar-refractivity contribution in [3.63, 3.8) is 0 Å². The number of pyridine rings is 1. The number of imidazole rings is 1. The second kappa shape index (κ2) is 4.73. The SMILES string of the molecule is Cc1cccc2cnc(CC3CCCCN3C)n12. The van der Waals surface area contributed by atoms with Gasteiger partial charge in [0.25, 0.3) is 0 Å². The molecule has 96 valence electrons. The fourth-order valence-corrected chi connectivity index (χ4v) is 3.05. The molecule has 0 saturated carbocycles.